The largest absolute Gasteiger partial charge is 0.480 e. The molecule has 0 aliphatic heterocycles. The Hall–Kier alpha value is -2.87. The second-order valence-corrected chi connectivity index (χ2v) is 7.31. The number of hydrogen-bond acceptors (Lipinski definition) is 5. The standard InChI is InChI=1S/C18H20ClN3O5/c1-9-14(16(26)22-17(20-9)18(2,3)4)15(25)21-10-5-6-12(11(19)7-10)27-8-13(23)24/h5-7H,8H2,1-4H3,(H,21,25)(H,23,24)(H,20,22,26). The number of aliphatic carboxylic acids is 1. The molecule has 1 amide bonds. The van der Waals surface area contributed by atoms with Crippen LogP contribution in [0, 0.1) is 6.92 Å². The van der Waals surface area contributed by atoms with Gasteiger partial charge in [-0.2, -0.15) is 0 Å². The van der Waals surface area contributed by atoms with Crippen molar-refractivity contribution in [2.24, 2.45) is 0 Å². The van der Waals surface area contributed by atoms with E-state index in [1.54, 1.807) is 6.92 Å². The maximum Gasteiger partial charge on any atom is 0.341 e. The Kier molecular flexibility index (Phi) is 5.90. The van der Waals surface area contributed by atoms with E-state index < -0.39 is 24.0 Å². The Morgan fingerprint density at radius 1 is 1.33 bits per heavy atom. The predicted molar refractivity (Wildman–Crippen MR) is 101 cm³/mol. The topological polar surface area (TPSA) is 121 Å². The predicted octanol–water partition coefficient (Wildman–Crippen LogP) is 2.74. The van der Waals surface area contributed by atoms with E-state index in [1.807, 2.05) is 20.8 Å². The highest BCUT2D eigenvalue weighted by Gasteiger charge is 2.22. The van der Waals surface area contributed by atoms with E-state index in [0.29, 0.717) is 17.2 Å². The maximum atomic E-state index is 12.5. The van der Waals surface area contributed by atoms with Crippen molar-refractivity contribution in [3.05, 3.63) is 50.7 Å². The van der Waals surface area contributed by atoms with Gasteiger partial charge in [-0.05, 0) is 25.1 Å². The molecule has 0 atom stereocenters. The second-order valence-electron chi connectivity index (χ2n) is 6.91. The minimum absolute atomic E-state index is 0.0923. The number of nitrogens with one attached hydrogen (secondary N) is 2. The van der Waals surface area contributed by atoms with Crippen LogP contribution in [0.1, 0.15) is 42.6 Å². The summed E-state index contributed by atoms with van der Waals surface area (Å²) in [6.07, 6.45) is 0. The number of halogens is 1. The van der Waals surface area contributed by atoms with Crippen LogP contribution < -0.4 is 15.6 Å². The smallest absolute Gasteiger partial charge is 0.341 e. The van der Waals surface area contributed by atoms with Gasteiger partial charge >= 0.3 is 5.97 Å². The monoisotopic (exact) mass is 393 g/mol. The number of ether oxygens (including phenoxy) is 1. The van der Waals surface area contributed by atoms with Gasteiger partial charge in [0.2, 0.25) is 0 Å². The molecule has 0 saturated heterocycles. The van der Waals surface area contributed by atoms with Gasteiger partial charge in [-0.1, -0.05) is 32.4 Å². The Balaban J connectivity index is 2.24. The number of rotatable bonds is 5. The minimum Gasteiger partial charge on any atom is -0.480 e. The molecule has 2 rings (SSSR count). The average molecular weight is 394 g/mol. The van der Waals surface area contributed by atoms with Gasteiger partial charge in [-0.3, -0.25) is 9.59 Å². The van der Waals surface area contributed by atoms with E-state index in [9.17, 15) is 14.4 Å². The first-order chi connectivity index (χ1) is 12.5. The van der Waals surface area contributed by atoms with Crippen LogP contribution in [-0.2, 0) is 10.2 Å². The molecule has 1 heterocycles. The summed E-state index contributed by atoms with van der Waals surface area (Å²) in [5.74, 6) is -1.10. The average Bonchev–Trinajstić information content (AvgIpc) is 2.52. The van der Waals surface area contributed by atoms with E-state index in [4.69, 9.17) is 21.4 Å². The number of carboxylic acids is 1. The van der Waals surface area contributed by atoms with Crippen molar-refractivity contribution in [2.75, 3.05) is 11.9 Å². The summed E-state index contributed by atoms with van der Waals surface area (Å²) in [5, 5.41) is 11.3. The molecule has 1 aromatic heterocycles. The van der Waals surface area contributed by atoms with Gasteiger partial charge in [-0.25, -0.2) is 9.78 Å². The van der Waals surface area contributed by atoms with E-state index in [0.717, 1.165) is 0 Å². The zero-order valence-electron chi connectivity index (χ0n) is 15.3. The molecule has 0 fully saturated rings. The lowest BCUT2D eigenvalue weighted by Gasteiger charge is -2.18. The highest BCUT2D eigenvalue weighted by Crippen LogP contribution is 2.28. The first kappa shape index (κ1) is 20.4. The Labute approximate surface area is 160 Å². The van der Waals surface area contributed by atoms with Crippen LogP contribution in [0.4, 0.5) is 5.69 Å². The van der Waals surface area contributed by atoms with Crippen LogP contribution in [0.2, 0.25) is 5.02 Å². The molecule has 0 aliphatic rings. The molecule has 8 nitrogen and oxygen atoms in total. The SMILES string of the molecule is Cc1nc(C(C)(C)C)[nH]c(=O)c1C(=O)Nc1ccc(OCC(=O)O)c(Cl)c1. The highest BCUT2D eigenvalue weighted by molar-refractivity contribution is 6.32. The van der Waals surface area contributed by atoms with Crippen molar-refractivity contribution in [1.82, 2.24) is 9.97 Å². The Morgan fingerprint density at radius 2 is 2.00 bits per heavy atom. The van der Waals surface area contributed by atoms with Crippen LogP contribution >= 0.6 is 11.6 Å². The molecular weight excluding hydrogens is 374 g/mol. The zero-order chi connectivity index (χ0) is 20.4. The van der Waals surface area contributed by atoms with E-state index in [2.05, 4.69) is 15.3 Å². The molecule has 9 heteroatoms. The van der Waals surface area contributed by atoms with Gasteiger partial charge in [0.25, 0.3) is 11.5 Å². The quantitative estimate of drug-likeness (QED) is 0.718. The number of amides is 1. The maximum absolute atomic E-state index is 12.5. The lowest BCUT2D eigenvalue weighted by atomic mass is 9.95. The molecule has 2 aromatic rings. The highest BCUT2D eigenvalue weighted by atomic mass is 35.5. The number of aromatic nitrogens is 2. The zero-order valence-corrected chi connectivity index (χ0v) is 16.1. The van der Waals surface area contributed by atoms with Crippen LogP contribution in [-0.4, -0.2) is 33.6 Å². The van der Waals surface area contributed by atoms with Crippen molar-refractivity contribution in [1.29, 1.82) is 0 Å². The number of benzene rings is 1. The molecule has 144 valence electrons. The third kappa shape index (κ3) is 5.07. The molecular formula is C18H20ClN3O5. The summed E-state index contributed by atoms with van der Waals surface area (Å²) in [7, 11) is 0. The summed E-state index contributed by atoms with van der Waals surface area (Å²) in [6.45, 7) is 6.77. The Bertz CT molecular complexity index is 947. The molecule has 27 heavy (non-hydrogen) atoms. The van der Waals surface area contributed by atoms with Gasteiger partial charge in [0.15, 0.2) is 6.61 Å². The van der Waals surface area contributed by atoms with E-state index in [-0.39, 0.29) is 21.8 Å². The second kappa shape index (κ2) is 7.79. The molecule has 1 aromatic carbocycles. The number of carboxylic acid groups (broad SMARTS) is 1. The third-order valence-corrected chi connectivity index (χ3v) is 3.87. The molecule has 3 N–H and O–H groups in total. The lowest BCUT2D eigenvalue weighted by Crippen LogP contribution is -2.30. The number of H-pyrrole nitrogens is 1. The number of hydrogen-bond donors (Lipinski definition) is 3. The van der Waals surface area contributed by atoms with Crippen LogP contribution in [0.25, 0.3) is 0 Å². The van der Waals surface area contributed by atoms with Gasteiger partial charge in [0.05, 0.1) is 10.7 Å². The number of anilines is 1. The number of carbonyl (C=O) groups excluding carboxylic acids is 1. The number of carbonyl (C=O) groups is 2. The van der Waals surface area contributed by atoms with Crippen molar-refractivity contribution in [3.8, 4) is 5.75 Å². The van der Waals surface area contributed by atoms with Crippen LogP contribution in [0.15, 0.2) is 23.0 Å². The van der Waals surface area contributed by atoms with Crippen molar-refractivity contribution in [2.45, 2.75) is 33.1 Å². The summed E-state index contributed by atoms with van der Waals surface area (Å²) >= 11 is 6.03. The fourth-order valence-corrected chi connectivity index (χ4v) is 2.47. The van der Waals surface area contributed by atoms with Gasteiger partial charge < -0.3 is 20.1 Å². The number of nitrogens with zero attached hydrogens (tertiary/aromatic N) is 1. The molecule has 0 saturated carbocycles. The minimum atomic E-state index is -1.13. The first-order valence-electron chi connectivity index (χ1n) is 8.06. The fraction of sp³-hybridized carbons (Fsp3) is 0.333. The number of aromatic amines is 1. The van der Waals surface area contributed by atoms with Gasteiger partial charge in [0, 0.05) is 11.1 Å². The summed E-state index contributed by atoms with van der Waals surface area (Å²) < 4.78 is 5.02. The summed E-state index contributed by atoms with van der Waals surface area (Å²) in [4.78, 5) is 42.4. The molecule has 0 aliphatic carbocycles. The normalized spacial score (nSPS) is 11.1. The molecule has 0 spiro atoms. The molecule has 0 unspecified atom stereocenters. The number of aryl methyl sites for hydroxylation is 1. The summed E-state index contributed by atoms with van der Waals surface area (Å²) in [6, 6.07) is 4.32. The van der Waals surface area contributed by atoms with E-state index >= 15 is 0 Å². The van der Waals surface area contributed by atoms with E-state index in [1.165, 1.54) is 18.2 Å². The molecule has 0 bridgehead atoms. The van der Waals surface area contributed by atoms with Crippen molar-refractivity contribution >= 4 is 29.2 Å². The Morgan fingerprint density at radius 3 is 2.52 bits per heavy atom. The van der Waals surface area contributed by atoms with Gasteiger partial charge in [0.1, 0.15) is 17.1 Å². The fourth-order valence-electron chi connectivity index (χ4n) is 2.24. The summed E-state index contributed by atoms with van der Waals surface area (Å²) in [5.41, 5.74) is -0.346. The first-order valence-corrected chi connectivity index (χ1v) is 8.43. The lowest BCUT2D eigenvalue weighted by molar-refractivity contribution is -0.139. The van der Waals surface area contributed by atoms with Crippen molar-refractivity contribution < 1.29 is 19.4 Å². The van der Waals surface area contributed by atoms with Crippen LogP contribution in [0.3, 0.4) is 0 Å². The van der Waals surface area contributed by atoms with Crippen LogP contribution in [0.5, 0.6) is 5.75 Å². The molecule has 0 radical (unpaired) electrons. The van der Waals surface area contributed by atoms with Crippen molar-refractivity contribution in [3.63, 3.8) is 0 Å². The third-order valence-electron chi connectivity index (χ3n) is 3.58. The van der Waals surface area contributed by atoms with Gasteiger partial charge in [-0.15, -0.1) is 0 Å².